The van der Waals surface area contributed by atoms with Gasteiger partial charge in [0.2, 0.25) is 0 Å². The number of nitrogens with zero attached hydrogens (tertiary/aromatic N) is 4. The van der Waals surface area contributed by atoms with Crippen molar-refractivity contribution < 1.29 is 32.5 Å². The van der Waals surface area contributed by atoms with Crippen LogP contribution in [-0.2, 0) is 4.74 Å². The zero-order valence-corrected chi connectivity index (χ0v) is 24.7. The molecule has 1 amide bonds. The summed E-state index contributed by atoms with van der Waals surface area (Å²) >= 11 is 0. The molecule has 234 valence electrons. The standard InChI is InChI=1S/C31H35F3N6O4/c1-29(2,3)44-28(42)37-30(13-14-35-17-30)26(31(32,33)34)19-9-12-25-38-39-27(40(25)16-19)21-11-8-18-7-10-20(15-22(18)36-21)43-24-6-4-5-23(24)41/h7-12,15-16,23-24,26,35,41H,4-6,13-14,17H2,1-3H3,(H,37,42)/t23-,24-,26-,30-/m1/s1. The Morgan fingerprint density at radius 1 is 1.14 bits per heavy atom. The van der Waals surface area contributed by atoms with Crippen molar-refractivity contribution in [2.45, 2.75) is 81.9 Å². The van der Waals surface area contributed by atoms with Gasteiger partial charge in [-0.25, -0.2) is 9.78 Å². The number of pyridine rings is 2. The summed E-state index contributed by atoms with van der Waals surface area (Å²) < 4.78 is 57.6. The maximum Gasteiger partial charge on any atom is 0.408 e. The van der Waals surface area contributed by atoms with Crippen LogP contribution in [0.4, 0.5) is 18.0 Å². The molecule has 3 N–H and O–H groups in total. The van der Waals surface area contributed by atoms with Crippen LogP contribution >= 0.6 is 0 Å². The minimum Gasteiger partial charge on any atom is -0.488 e. The van der Waals surface area contributed by atoms with Crippen molar-refractivity contribution in [3.05, 3.63) is 54.2 Å². The molecule has 1 saturated heterocycles. The number of aromatic nitrogens is 4. The lowest BCUT2D eigenvalue weighted by atomic mass is 9.78. The summed E-state index contributed by atoms with van der Waals surface area (Å²) in [5.74, 6) is -1.21. The lowest BCUT2D eigenvalue weighted by Crippen LogP contribution is -2.58. The number of hydrogen-bond acceptors (Lipinski definition) is 8. The zero-order valence-electron chi connectivity index (χ0n) is 24.7. The Kier molecular flexibility index (Phi) is 7.65. The predicted octanol–water partition coefficient (Wildman–Crippen LogP) is 5.14. The van der Waals surface area contributed by atoms with Crippen LogP contribution < -0.4 is 15.4 Å². The van der Waals surface area contributed by atoms with E-state index in [9.17, 15) is 23.1 Å². The van der Waals surface area contributed by atoms with E-state index in [0.717, 1.165) is 18.2 Å². The third-order valence-electron chi connectivity index (χ3n) is 8.17. The van der Waals surface area contributed by atoms with E-state index < -0.39 is 35.4 Å². The van der Waals surface area contributed by atoms with Gasteiger partial charge in [-0.15, -0.1) is 10.2 Å². The number of halogens is 3. The molecule has 0 spiro atoms. The first-order chi connectivity index (χ1) is 20.8. The van der Waals surface area contributed by atoms with Crippen LogP contribution in [0.3, 0.4) is 0 Å². The van der Waals surface area contributed by atoms with Gasteiger partial charge in [-0.1, -0.05) is 12.1 Å². The highest BCUT2D eigenvalue weighted by Gasteiger charge is 2.56. The Bertz CT molecular complexity index is 1680. The molecule has 4 atom stereocenters. The summed E-state index contributed by atoms with van der Waals surface area (Å²) in [5, 5.41) is 25.0. The van der Waals surface area contributed by atoms with Crippen LogP contribution in [0.25, 0.3) is 28.1 Å². The average Bonchev–Trinajstić information content (AvgIpc) is 3.67. The van der Waals surface area contributed by atoms with Gasteiger partial charge in [-0.3, -0.25) is 4.40 Å². The summed E-state index contributed by atoms with van der Waals surface area (Å²) in [6, 6.07) is 11.9. The van der Waals surface area contributed by atoms with Crippen LogP contribution in [-0.4, -0.2) is 73.4 Å². The second-order valence-electron chi connectivity index (χ2n) is 12.6. The molecule has 4 aromatic rings. The number of alkyl carbamates (subject to hydrolysis) is 1. The molecule has 6 rings (SSSR count). The van der Waals surface area contributed by atoms with Crippen molar-refractivity contribution in [1.82, 2.24) is 30.2 Å². The highest BCUT2D eigenvalue weighted by molar-refractivity contribution is 5.82. The topological polar surface area (TPSA) is 123 Å². The normalized spacial score (nSPS) is 23.2. The number of alkyl halides is 3. The quantitative estimate of drug-likeness (QED) is 0.274. The fraction of sp³-hybridized carbons (Fsp3) is 0.484. The molecule has 1 aromatic carbocycles. The highest BCUT2D eigenvalue weighted by atomic mass is 19.4. The van der Waals surface area contributed by atoms with Crippen LogP contribution in [0, 0.1) is 0 Å². The minimum atomic E-state index is -4.70. The summed E-state index contributed by atoms with van der Waals surface area (Å²) in [4.78, 5) is 17.5. The molecule has 2 aliphatic rings. The first-order valence-electron chi connectivity index (χ1n) is 14.7. The van der Waals surface area contributed by atoms with Crippen molar-refractivity contribution in [2.24, 2.45) is 0 Å². The molecule has 0 radical (unpaired) electrons. The van der Waals surface area contributed by atoms with Gasteiger partial charge in [0.25, 0.3) is 0 Å². The molecule has 13 heteroatoms. The minimum absolute atomic E-state index is 0.0536. The molecular weight excluding hydrogens is 577 g/mol. The van der Waals surface area contributed by atoms with Gasteiger partial charge in [0.1, 0.15) is 29.1 Å². The SMILES string of the molecule is CC(C)(C)OC(=O)N[C@]1([C@@H](c2ccc3nnc(-c4ccc5ccc(O[C@@H]6CCC[C@H]6O)cc5n4)n3c2)C(F)(F)F)CCNC1. The van der Waals surface area contributed by atoms with E-state index in [-0.39, 0.29) is 30.5 Å². The van der Waals surface area contributed by atoms with E-state index in [4.69, 9.17) is 14.5 Å². The lowest BCUT2D eigenvalue weighted by molar-refractivity contribution is -0.166. The fourth-order valence-corrected chi connectivity index (χ4v) is 6.23. The third kappa shape index (κ3) is 6.03. The molecule has 4 heterocycles. The smallest absolute Gasteiger partial charge is 0.408 e. The van der Waals surface area contributed by atoms with Gasteiger partial charge in [0.05, 0.1) is 17.2 Å². The van der Waals surface area contributed by atoms with Crippen LogP contribution in [0.15, 0.2) is 48.7 Å². The molecule has 3 aromatic heterocycles. The van der Waals surface area contributed by atoms with Gasteiger partial charge >= 0.3 is 12.3 Å². The van der Waals surface area contributed by atoms with Crippen LogP contribution in [0.5, 0.6) is 5.75 Å². The van der Waals surface area contributed by atoms with Crippen LogP contribution in [0.2, 0.25) is 0 Å². The number of nitrogens with one attached hydrogen (secondary N) is 2. The zero-order chi connectivity index (χ0) is 31.3. The summed E-state index contributed by atoms with van der Waals surface area (Å²) in [7, 11) is 0. The number of hydrogen-bond donors (Lipinski definition) is 3. The second-order valence-corrected chi connectivity index (χ2v) is 12.6. The maximum atomic E-state index is 14.9. The number of amides is 1. The van der Waals surface area contributed by atoms with Gasteiger partial charge < -0.3 is 25.2 Å². The monoisotopic (exact) mass is 612 g/mol. The largest absolute Gasteiger partial charge is 0.488 e. The van der Waals surface area contributed by atoms with E-state index in [1.807, 2.05) is 18.2 Å². The number of rotatable bonds is 6. The van der Waals surface area contributed by atoms with Gasteiger partial charge in [-0.05, 0) is 82.8 Å². The van der Waals surface area contributed by atoms with E-state index in [1.165, 1.54) is 22.7 Å². The van der Waals surface area contributed by atoms with E-state index >= 15 is 0 Å². The molecule has 44 heavy (non-hydrogen) atoms. The number of fused-ring (bicyclic) bond motifs is 2. The number of aliphatic hydroxyl groups excluding tert-OH is 1. The summed E-state index contributed by atoms with van der Waals surface area (Å²) in [6.07, 6.45) is -2.62. The summed E-state index contributed by atoms with van der Waals surface area (Å²) in [6.45, 7) is 5.18. The van der Waals surface area contributed by atoms with Gasteiger partial charge in [-0.2, -0.15) is 13.2 Å². The maximum absolute atomic E-state index is 14.9. The van der Waals surface area contributed by atoms with Gasteiger partial charge in [0, 0.05) is 24.2 Å². The highest BCUT2D eigenvalue weighted by Crippen LogP contribution is 2.45. The molecule has 1 aliphatic carbocycles. The van der Waals surface area contributed by atoms with Crippen molar-refractivity contribution in [1.29, 1.82) is 0 Å². The molecule has 10 nitrogen and oxygen atoms in total. The first-order valence-corrected chi connectivity index (χ1v) is 14.7. The van der Waals surface area contributed by atoms with Crippen molar-refractivity contribution in [3.63, 3.8) is 0 Å². The number of carbonyl (C=O) groups excluding carboxylic acids is 1. The second kappa shape index (κ2) is 11.2. The number of carbonyl (C=O) groups is 1. The van der Waals surface area contributed by atoms with E-state index in [1.54, 1.807) is 32.9 Å². The Morgan fingerprint density at radius 3 is 2.61 bits per heavy atom. The van der Waals surface area contributed by atoms with Crippen molar-refractivity contribution >= 4 is 22.6 Å². The Hall–Kier alpha value is -3.97. The molecule has 1 saturated carbocycles. The predicted molar refractivity (Wildman–Crippen MR) is 156 cm³/mol. The Balaban J connectivity index is 1.37. The molecule has 0 unspecified atom stereocenters. The first kappa shape index (κ1) is 30.1. The number of ether oxygens (including phenoxy) is 2. The number of benzene rings is 1. The van der Waals surface area contributed by atoms with Crippen molar-refractivity contribution in [2.75, 3.05) is 13.1 Å². The van der Waals surface area contributed by atoms with E-state index in [2.05, 4.69) is 20.8 Å². The average molecular weight is 613 g/mol. The van der Waals surface area contributed by atoms with Gasteiger partial charge in [0.15, 0.2) is 11.5 Å². The molecule has 2 fully saturated rings. The van der Waals surface area contributed by atoms with Crippen LogP contribution in [0.1, 0.15) is 57.9 Å². The Labute approximate surface area is 252 Å². The lowest BCUT2D eigenvalue weighted by Gasteiger charge is -2.39. The molecular formula is C31H35F3N6O4. The van der Waals surface area contributed by atoms with E-state index in [0.29, 0.717) is 35.6 Å². The third-order valence-corrected chi connectivity index (χ3v) is 8.17. The molecule has 0 bridgehead atoms. The summed E-state index contributed by atoms with van der Waals surface area (Å²) in [5.41, 5.74) is -1.25. The fourth-order valence-electron chi connectivity index (χ4n) is 6.23. The molecule has 1 aliphatic heterocycles. The Morgan fingerprint density at radius 2 is 1.93 bits per heavy atom. The van der Waals surface area contributed by atoms with Crippen molar-refractivity contribution in [3.8, 4) is 17.3 Å². The number of aliphatic hydroxyl groups is 1.